The van der Waals surface area contributed by atoms with Gasteiger partial charge in [0, 0.05) is 6.20 Å². The van der Waals surface area contributed by atoms with Gasteiger partial charge in [-0.1, -0.05) is 13.0 Å². The Morgan fingerprint density at radius 3 is 2.59 bits per heavy atom. The van der Waals surface area contributed by atoms with E-state index in [1.807, 2.05) is 33.8 Å². The summed E-state index contributed by atoms with van der Waals surface area (Å²) >= 11 is 0. The summed E-state index contributed by atoms with van der Waals surface area (Å²) in [5, 5.41) is 0. The van der Waals surface area contributed by atoms with Gasteiger partial charge in [-0.2, -0.15) is 0 Å². The normalized spacial score (nSPS) is 13.2. The van der Waals surface area contributed by atoms with Crippen LogP contribution in [-0.2, 0) is 9.53 Å². The topological polar surface area (TPSA) is 65.2 Å². The second-order valence-electron chi connectivity index (χ2n) is 5.21. The number of hydrogen-bond acceptors (Lipinski definition) is 4. The number of aromatic nitrogens is 1. The Morgan fingerprint density at radius 1 is 1.47 bits per heavy atom. The Morgan fingerprint density at radius 2 is 2.12 bits per heavy atom. The summed E-state index contributed by atoms with van der Waals surface area (Å²) in [6.07, 6.45) is 2.05. The fraction of sp³-hybridized carbons (Fsp3) is 0.538. The molecular formula is C13H20N2O2. The van der Waals surface area contributed by atoms with Gasteiger partial charge < -0.3 is 10.5 Å². The van der Waals surface area contributed by atoms with E-state index in [9.17, 15) is 4.79 Å². The third kappa shape index (κ3) is 4.85. The molecule has 17 heavy (non-hydrogen) atoms. The molecule has 1 aromatic rings. The quantitative estimate of drug-likeness (QED) is 0.819. The lowest BCUT2D eigenvalue weighted by Gasteiger charge is -2.21. The number of carbonyl (C=O) groups excluding carboxylic acids is 1. The molecule has 0 aliphatic carbocycles. The average Bonchev–Trinajstić information content (AvgIpc) is 2.15. The number of ether oxygens (including phenoxy) is 1. The largest absolute Gasteiger partial charge is 0.460 e. The van der Waals surface area contributed by atoms with Crippen LogP contribution in [0.15, 0.2) is 18.3 Å². The maximum absolute atomic E-state index is 11.6. The van der Waals surface area contributed by atoms with Crippen molar-refractivity contribution in [1.29, 1.82) is 0 Å². The molecule has 0 aliphatic rings. The minimum Gasteiger partial charge on any atom is -0.460 e. The SMILES string of the molecule is CC(CC(=O)OC(C)(C)C)c1ccc(N)nc1. The summed E-state index contributed by atoms with van der Waals surface area (Å²) in [5.41, 5.74) is 6.07. The number of rotatable bonds is 3. The van der Waals surface area contributed by atoms with E-state index >= 15 is 0 Å². The number of carbonyl (C=O) groups is 1. The summed E-state index contributed by atoms with van der Waals surface area (Å²) in [4.78, 5) is 15.6. The summed E-state index contributed by atoms with van der Waals surface area (Å²) < 4.78 is 5.27. The lowest BCUT2D eigenvalue weighted by atomic mass is 9.99. The number of esters is 1. The first-order valence-electron chi connectivity index (χ1n) is 5.71. The monoisotopic (exact) mass is 236 g/mol. The van der Waals surface area contributed by atoms with E-state index in [2.05, 4.69) is 4.98 Å². The standard InChI is InChI=1S/C13H20N2O2/c1-9(7-12(16)17-13(2,3)4)10-5-6-11(14)15-8-10/h5-6,8-9H,7H2,1-4H3,(H2,14,15). The predicted octanol–water partition coefficient (Wildman–Crippen LogP) is 2.50. The molecule has 94 valence electrons. The first kappa shape index (κ1) is 13.5. The molecule has 1 heterocycles. The molecule has 4 heteroatoms. The number of nitrogens with zero attached hydrogens (tertiary/aromatic N) is 1. The van der Waals surface area contributed by atoms with Crippen LogP contribution < -0.4 is 5.73 Å². The zero-order chi connectivity index (χ0) is 13.1. The molecule has 1 rings (SSSR count). The van der Waals surface area contributed by atoms with Crippen molar-refractivity contribution in [2.24, 2.45) is 0 Å². The smallest absolute Gasteiger partial charge is 0.306 e. The highest BCUT2D eigenvalue weighted by Crippen LogP contribution is 2.20. The third-order valence-corrected chi connectivity index (χ3v) is 2.27. The van der Waals surface area contributed by atoms with Gasteiger partial charge in [-0.25, -0.2) is 4.98 Å². The number of nitrogens with two attached hydrogens (primary N) is 1. The molecular weight excluding hydrogens is 216 g/mol. The van der Waals surface area contributed by atoms with Crippen molar-refractivity contribution < 1.29 is 9.53 Å². The Bertz CT molecular complexity index is 379. The molecule has 0 fully saturated rings. The lowest BCUT2D eigenvalue weighted by molar-refractivity contribution is -0.155. The highest BCUT2D eigenvalue weighted by atomic mass is 16.6. The van der Waals surface area contributed by atoms with Crippen LogP contribution in [0.1, 0.15) is 45.6 Å². The third-order valence-electron chi connectivity index (χ3n) is 2.27. The van der Waals surface area contributed by atoms with Gasteiger partial charge in [0.25, 0.3) is 0 Å². The second-order valence-corrected chi connectivity index (χ2v) is 5.21. The maximum Gasteiger partial charge on any atom is 0.306 e. The Hall–Kier alpha value is -1.58. The summed E-state index contributed by atoms with van der Waals surface area (Å²) in [6.45, 7) is 7.55. The van der Waals surface area contributed by atoms with E-state index in [1.165, 1.54) is 0 Å². The van der Waals surface area contributed by atoms with Crippen LogP contribution in [0.3, 0.4) is 0 Å². The van der Waals surface area contributed by atoms with E-state index in [4.69, 9.17) is 10.5 Å². The van der Waals surface area contributed by atoms with Gasteiger partial charge in [-0.3, -0.25) is 4.79 Å². The average molecular weight is 236 g/mol. The fourth-order valence-corrected chi connectivity index (χ4v) is 1.46. The van der Waals surface area contributed by atoms with Crippen LogP contribution in [0.25, 0.3) is 0 Å². The zero-order valence-corrected chi connectivity index (χ0v) is 10.9. The summed E-state index contributed by atoms with van der Waals surface area (Å²) in [6, 6.07) is 3.62. The van der Waals surface area contributed by atoms with Crippen LogP contribution in [0.5, 0.6) is 0 Å². The van der Waals surface area contributed by atoms with E-state index < -0.39 is 5.60 Å². The maximum atomic E-state index is 11.6. The van der Waals surface area contributed by atoms with Gasteiger partial charge in [0.1, 0.15) is 11.4 Å². The molecule has 4 nitrogen and oxygen atoms in total. The van der Waals surface area contributed by atoms with Gasteiger partial charge in [-0.15, -0.1) is 0 Å². The molecule has 0 bridgehead atoms. The van der Waals surface area contributed by atoms with Crippen LogP contribution >= 0.6 is 0 Å². The van der Waals surface area contributed by atoms with Crippen molar-refractivity contribution in [3.63, 3.8) is 0 Å². The van der Waals surface area contributed by atoms with E-state index in [0.717, 1.165) is 5.56 Å². The molecule has 1 aromatic heterocycles. The molecule has 0 spiro atoms. The molecule has 0 saturated carbocycles. The minimum absolute atomic E-state index is 0.0814. The fourth-order valence-electron chi connectivity index (χ4n) is 1.46. The molecule has 0 radical (unpaired) electrons. The summed E-state index contributed by atoms with van der Waals surface area (Å²) in [7, 11) is 0. The number of anilines is 1. The van der Waals surface area contributed by atoms with Crippen LogP contribution in [-0.4, -0.2) is 16.6 Å². The highest BCUT2D eigenvalue weighted by molar-refractivity contribution is 5.71. The molecule has 2 N–H and O–H groups in total. The first-order chi connectivity index (χ1) is 7.78. The lowest BCUT2D eigenvalue weighted by Crippen LogP contribution is -2.24. The van der Waals surface area contributed by atoms with Gasteiger partial charge in [0.05, 0.1) is 6.42 Å². The van der Waals surface area contributed by atoms with Gasteiger partial charge in [0.15, 0.2) is 0 Å². The van der Waals surface area contributed by atoms with Gasteiger partial charge in [-0.05, 0) is 38.3 Å². The van der Waals surface area contributed by atoms with Crippen molar-refractivity contribution in [2.45, 2.75) is 45.6 Å². The highest BCUT2D eigenvalue weighted by Gasteiger charge is 2.19. The van der Waals surface area contributed by atoms with Gasteiger partial charge in [0.2, 0.25) is 0 Å². The number of pyridine rings is 1. The second kappa shape index (κ2) is 5.17. The number of hydrogen-bond donors (Lipinski definition) is 1. The van der Waals surface area contributed by atoms with Crippen molar-refractivity contribution in [3.05, 3.63) is 23.9 Å². The van der Waals surface area contributed by atoms with Crippen LogP contribution in [0.4, 0.5) is 5.82 Å². The summed E-state index contributed by atoms with van der Waals surface area (Å²) in [5.74, 6) is 0.373. The van der Waals surface area contributed by atoms with Gasteiger partial charge >= 0.3 is 5.97 Å². The van der Waals surface area contributed by atoms with Crippen LogP contribution in [0, 0.1) is 0 Å². The van der Waals surface area contributed by atoms with E-state index in [0.29, 0.717) is 12.2 Å². The molecule has 1 unspecified atom stereocenters. The predicted molar refractivity (Wildman–Crippen MR) is 67.5 cm³/mol. The number of nitrogen functional groups attached to an aromatic ring is 1. The molecule has 0 aliphatic heterocycles. The Labute approximate surface area is 102 Å². The minimum atomic E-state index is -0.434. The van der Waals surface area contributed by atoms with Crippen molar-refractivity contribution >= 4 is 11.8 Å². The van der Waals surface area contributed by atoms with Crippen molar-refractivity contribution in [3.8, 4) is 0 Å². The molecule has 0 amide bonds. The van der Waals surface area contributed by atoms with Crippen LogP contribution in [0.2, 0.25) is 0 Å². The molecule has 1 atom stereocenters. The van der Waals surface area contributed by atoms with Crippen molar-refractivity contribution in [1.82, 2.24) is 4.98 Å². The zero-order valence-electron chi connectivity index (χ0n) is 10.9. The van der Waals surface area contributed by atoms with E-state index in [1.54, 1.807) is 12.3 Å². The Kier molecular flexibility index (Phi) is 4.10. The molecule has 0 saturated heterocycles. The van der Waals surface area contributed by atoms with Crippen molar-refractivity contribution in [2.75, 3.05) is 5.73 Å². The first-order valence-corrected chi connectivity index (χ1v) is 5.71. The molecule has 0 aromatic carbocycles. The Balaban J connectivity index is 2.57. The van der Waals surface area contributed by atoms with E-state index in [-0.39, 0.29) is 11.9 Å².